The molecule has 0 aromatic heterocycles. The van der Waals surface area contributed by atoms with Crippen molar-refractivity contribution in [1.82, 2.24) is 5.32 Å². The van der Waals surface area contributed by atoms with Gasteiger partial charge in [0, 0.05) is 6.42 Å². The molecule has 98 valence electrons. The van der Waals surface area contributed by atoms with E-state index in [1.54, 1.807) is 0 Å². The van der Waals surface area contributed by atoms with Gasteiger partial charge in [-0.2, -0.15) is 0 Å². The predicted octanol–water partition coefficient (Wildman–Crippen LogP) is 2.17. The first-order valence-electron chi connectivity index (χ1n) is 5.99. The summed E-state index contributed by atoms with van der Waals surface area (Å²) >= 11 is 0. The Balaban J connectivity index is 1.95. The molecular formula is C12H20FNO3. The van der Waals surface area contributed by atoms with E-state index >= 15 is 0 Å². The van der Waals surface area contributed by atoms with Gasteiger partial charge in [-0.3, -0.25) is 0 Å². The molecule has 1 saturated heterocycles. The number of hydrogen-bond donors (Lipinski definition) is 1. The summed E-state index contributed by atoms with van der Waals surface area (Å²) in [5, 5.41) is 2.85. The number of rotatable bonds is 2. The van der Waals surface area contributed by atoms with Gasteiger partial charge in [0.15, 0.2) is 0 Å². The third-order valence-electron chi connectivity index (χ3n) is 3.38. The molecule has 2 bridgehead atoms. The van der Waals surface area contributed by atoms with Gasteiger partial charge in [0.1, 0.15) is 12.3 Å². The smallest absolute Gasteiger partial charge is 0.408 e. The van der Waals surface area contributed by atoms with E-state index in [0.717, 1.165) is 6.42 Å². The zero-order valence-electron chi connectivity index (χ0n) is 10.6. The normalized spacial score (nSPS) is 36.0. The fourth-order valence-electron chi connectivity index (χ4n) is 2.61. The van der Waals surface area contributed by atoms with Crippen LogP contribution in [0.3, 0.4) is 0 Å². The topological polar surface area (TPSA) is 47.6 Å². The highest BCUT2D eigenvalue weighted by atomic mass is 19.1. The molecule has 4 nitrogen and oxygen atoms in total. The zero-order valence-corrected chi connectivity index (χ0v) is 10.6. The van der Waals surface area contributed by atoms with Crippen molar-refractivity contribution in [1.29, 1.82) is 0 Å². The molecule has 2 rings (SSSR count). The number of alkyl halides is 1. The number of fused-ring (bicyclic) bond motifs is 2. The van der Waals surface area contributed by atoms with Crippen molar-refractivity contribution in [3.8, 4) is 0 Å². The van der Waals surface area contributed by atoms with Crippen molar-refractivity contribution < 1.29 is 18.7 Å². The summed E-state index contributed by atoms with van der Waals surface area (Å²) in [4.78, 5) is 11.7. The molecule has 0 radical (unpaired) electrons. The molecule has 2 unspecified atom stereocenters. The van der Waals surface area contributed by atoms with Crippen LogP contribution in [0.15, 0.2) is 0 Å². The maximum Gasteiger partial charge on any atom is 0.408 e. The highest BCUT2D eigenvalue weighted by Gasteiger charge is 2.56. The van der Waals surface area contributed by atoms with Gasteiger partial charge in [-0.25, -0.2) is 9.18 Å². The highest BCUT2D eigenvalue weighted by Crippen LogP contribution is 2.47. The van der Waals surface area contributed by atoms with Crippen molar-refractivity contribution in [3.63, 3.8) is 0 Å². The summed E-state index contributed by atoms with van der Waals surface area (Å²) in [7, 11) is 0. The van der Waals surface area contributed by atoms with Crippen molar-refractivity contribution in [3.05, 3.63) is 0 Å². The Morgan fingerprint density at radius 2 is 2.18 bits per heavy atom. The number of ether oxygens (including phenoxy) is 2. The SMILES string of the molecule is CC(C)(C)OC(=O)NC12CCC(CF)(C1)OC2. The first-order valence-corrected chi connectivity index (χ1v) is 5.99. The molecule has 0 spiro atoms. The van der Waals surface area contributed by atoms with Crippen LogP contribution in [0.25, 0.3) is 0 Å². The number of nitrogens with one attached hydrogen (secondary N) is 1. The number of alkyl carbamates (subject to hydrolysis) is 1. The molecule has 0 aromatic rings. The Bertz CT molecular complexity index is 316. The van der Waals surface area contributed by atoms with E-state index in [1.165, 1.54) is 0 Å². The van der Waals surface area contributed by atoms with Crippen molar-refractivity contribution in [2.24, 2.45) is 0 Å². The maximum absolute atomic E-state index is 12.9. The molecule has 1 saturated carbocycles. The van der Waals surface area contributed by atoms with Crippen LogP contribution in [0.1, 0.15) is 40.0 Å². The molecule has 1 N–H and O–H groups in total. The van der Waals surface area contributed by atoms with Gasteiger partial charge in [-0.15, -0.1) is 0 Å². The first kappa shape index (κ1) is 12.6. The summed E-state index contributed by atoms with van der Waals surface area (Å²) in [5.74, 6) is 0. The van der Waals surface area contributed by atoms with E-state index in [1.807, 2.05) is 20.8 Å². The Morgan fingerprint density at radius 1 is 1.47 bits per heavy atom. The molecule has 1 aliphatic heterocycles. The molecule has 2 aliphatic rings. The largest absolute Gasteiger partial charge is 0.444 e. The van der Waals surface area contributed by atoms with E-state index in [9.17, 15) is 9.18 Å². The standard InChI is InChI=1S/C12H20FNO3/c1-10(2,3)17-9(15)14-11-4-5-12(6-11,7-13)16-8-11/h4-8H2,1-3H3,(H,14,15). The molecule has 1 heterocycles. The van der Waals surface area contributed by atoms with E-state index in [0.29, 0.717) is 19.4 Å². The monoisotopic (exact) mass is 245 g/mol. The summed E-state index contributed by atoms with van der Waals surface area (Å²) in [5.41, 5.74) is -1.60. The second-order valence-electron chi connectivity index (χ2n) is 6.19. The van der Waals surface area contributed by atoms with Gasteiger partial charge < -0.3 is 14.8 Å². The van der Waals surface area contributed by atoms with Gasteiger partial charge in [-0.05, 0) is 33.6 Å². The van der Waals surface area contributed by atoms with Crippen molar-refractivity contribution >= 4 is 6.09 Å². The van der Waals surface area contributed by atoms with Crippen LogP contribution in [-0.4, -0.2) is 36.1 Å². The number of carbonyl (C=O) groups is 1. The molecule has 17 heavy (non-hydrogen) atoms. The lowest BCUT2D eigenvalue weighted by Gasteiger charge is -2.29. The maximum atomic E-state index is 12.9. The summed E-state index contributed by atoms with van der Waals surface area (Å²) in [6, 6.07) is 0. The minimum atomic E-state index is -0.658. The molecule has 2 atom stereocenters. The van der Waals surface area contributed by atoms with E-state index in [2.05, 4.69) is 5.32 Å². The first-order chi connectivity index (χ1) is 7.78. The van der Waals surface area contributed by atoms with Gasteiger partial charge in [0.25, 0.3) is 0 Å². The van der Waals surface area contributed by atoms with E-state index in [4.69, 9.17) is 9.47 Å². The fourth-order valence-corrected chi connectivity index (χ4v) is 2.61. The van der Waals surface area contributed by atoms with Crippen LogP contribution in [0.2, 0.25) is 0 Å². The molecule has 5 heteroatoms. The second-order valence-corrected chi connectivity index (χ2v) is 6.19. The van der Waals surface area contributed by atoms with E-state index < -0.39 is 29.5 Å². The molecule has 0 aromatic carbocycles. The Labute approximate surface area is 101 Å². The molecule has 1 amide bonds. The lowest BCUT2D eigenvalue weighted by Crippen LogP contribution is -2.49. The van der Waals surface area contributed by atoms with Crippen LogP contribution >= 0.6 is 0 Å². The van der Waals surface area contributed by atoms with Crippen LogP contribution in [0, 0.1) is 0 Å². The lowest BCUT2D eigenvalue weighted by molar-refractivity contribution is -0.0380. The van der Waals surface area contributed by atoms with Crippen LogP contribution in [0.4, 0.5) is 9.18 Å². The average Bonchev–Trinajstić information content (AvgIpc) is 2.70. The van der Waals surface area contributed by atoms with Crippen LogP contribution in [-0.2, 0) is 9.47 Å². The number of carbonyl (C=O) groups excluding carboxylic acids is 1. The Hall–Kier alpha value is -0.840. The van der Waals surface area contributed by atoms with E-state index in [-0.39, 0.29) is 0 Å². The number of halogens is 1. The molecule has 1 aliphatic carbocycles. The third kappa shape index (κ3) is 2.54. The Morgan fingerprint density at radius 3 is 2.59 bits per heavy atom. The van der Waals surface area contributed by atoms with Crippen LogP contribution < -0.4 is 5.32 Å². The van der Waals surface area contributed by atoms with Gasteiger partial charge in [-0.1, -0.05) is 0 Å². The molecule has 2 fully saturated rings. The third-order valence-corrected chi connectivity index (χ3v) is 3.38. The minimum Gasteiger partial charge on any atom is -0.444 e. The number of amides is 1. The summed E-state index contributed by atoms with van der Waals surface area (Å²) < 4.78 is 23.6. The second kappa shape index (κ2) is 3.83. The summed E-state index contributed by atoms with van der Waals surface area (Å²) in [6.45, 7) is 5.35. The highest BCUT2D eigenvalue weighted by molar-refractivity contribution is 5.69. The van der Waals surface area contributed by atoms with Crippen molar-refractivity contribution in [2.75, 3.05) is 13.3 Å². The van der Waals surface area contributed by atoms with Crippen LogP contribution in [0.5, 0.6) is 0 Å². The average molecular weight is 245 g/mol. The summed E-state index contributed by atoms with van der Waals surface area (Å²) in [6.07, 6.45) is 1.53. The van der Waals surface area contributed by atoms with Crippen molar-refractivity contribution in [2.45, 2.75) is 56.8 Å². The molecular weight excluding hydrogens is 225 g/mol. The minimum absolute atomic E-state index is 0.385. The van der Waals surface area contributed by atoms with Gasteiger partial charge in [0.05, 0.1) is 17.7 Å². The lowest BCUT2D eigenvalue weighted by atomic mass is 9.99. The van der Waals surface area contributed by atoms with Gasteiger partial charge in [0.2, 0.25) is 0 Å². The Kier molecular flexibility index (Phi) is 2.84. The zero-order chi connectivity index (χ0) is 12.7. The predicted molar refractivity (Wildman–Crippen MR) is 60.6 cm³/mol. The fraction of sp³-hybridized carbons (Fsp3) is 0.917. The number of hydrogen-bond acceptors (Lipinski definition) is 3. The van der Waals surface area contributed by atoms with Gasteiger partial charge >= 0.3 is 6.09 Å². The quantitative estimate of drug-likeness (QED) is 0.811.